The largest absolute Gasteiger partial charge is 0.469 e. The van der Waals surface area contributed by atoms with Gasteiger partial charge in [0.25, 0.3) is 0 Å². The number of esters is 1. The first-order valence-electron chi connectivity index (χ1n) is 3.54. The molecule has 1 aliphatic rings. The van der Waals surface area contributed by atoms with Gasteiger partial charge in [-0.25, -0.2) is 0 Å². The molecule has 0 aromatic heterocycles. The Morgan fingerprint density at radius 2 is 1.91 bits per heavy atom. The molecule has 0 heterocycles. The number of methoxy groups -OCH3 is 1. The van der Waals surface area contributed by atoms with Crippen LogP contribution < -0.4 is 5.73 Å². The molecule has 2 atom stereocenters. The molecule has 0 spiro atoms. The second-order valence-electron chi connectivity index (χ2n) is 2.72. The van der Waals surface area contributed by atoms with Gasteiger partial charge in [-0.3, -0.25) is 9.59 Å². The molecule has 0 saturated heterocycles. The first-order valence-corrected chi connectivity index (χ1v) is 3.54. The van der Waals surface area contributed by atoms with Gasteiger partial charge in [0.05, 0.1) is 18.9 Å². The van der Waals surface area contributed by atoms with Crippen LogP contribution >= 0.6 is 0 Å². The fourth-order valence-corrected chi connectivity index (χ4v) is 1.27. The van der Waals surface area contributed by atoms with Gasteiger partial charge >= 0.3 is 5.97 Å². The normalized spacial score (nSPS) is 28.8. The van der Waals surface area contributed by atoms with Crippen molar-refractivity contribution in [3.63, 3.8) is 0 Å². The molecule has 0 aromatic rings. The summed E-state index contributed by atoms with van der Waals surface area (Å²) < 4.78 is 4.49. The molecule has 0 unspecified atom stereocenters. The van der Waals surface area contributed by atoms with Crippen LogP contribution in [0, 0.1) is 11.8 Å². The summed E-state index contributed by atoms with van der Waals surface area (Å²) in [5.41, 5.74) is 5.03. The highest BCUT2D eigenvalue weighted by Crippen LogP contribution is 2.34. The van der Waals surface area contributed by atoms with Crippen LogP contribution in [-0.2, 0) is 14.3 Å². The third-order valence-corrected chi connectivity index (χ3v) is 2.14. The van der Waals surface area contributed by atoms with Crippen LogP contribution in [-0.4, -0.2) is 19.0 Å². The topological polar surface area (TPSA) is 69.4 Å². The van der Waals surface area contributed by atoms with Crippen molar-refractivity contribution in [2.75, 3.05) is 7.11 Å². The standard InChI is InChI=1S/C7H11NO3/c1-11-7(10)5-3-2-4(5)6(8)9/h4-5H,2-3H2,1H3,(H2,8,9)/t4-,5-/m1/s1. The van der Waals surface area contributed by atoms with Crippen molar-refractivity contribution in [1.82, 2.24) is 0 Å². The van der Waals surface area contributed by atoms with Gasteiger partial charge in [-0.15, -0.1) is 0 Å². The lowest BCUT2D eigenvalue weighted by molar-refractivity contribution is -0.155. The van der Waals surface area contributed by atoms with Gasteiger partial charge < -0.3 is 10.5 Å². The lowest BCUT2D eigenvalue weighted by atomic mass is 9.73. The van der Waals surface area contributed by atoms with Crippen LogP contribution in [0.5, 0.6) is 0 Å². The number of nitrogens with two attached hydrogens (primary N) is 1. The van der Waals surface area contributed by atoms with Crippen molar-refractivity contribution < 1.29 is 14.3 Å². The quantitative estimate of drug-likeness (QED) is 0.558. The van der Waals surface area contributed by atoms with Crippen LogP contribution in [0.3, 0.4) is 0 Å². The van der Waals surface area contributed by atoms with Gasteiger partial charge in [-0.2, -0.15) is 0 Å². The zero-order valence-corrected chi connectivity index (χ0v) is 6.37. The van der Waals surface area contributed by atoms with Gasteiger partial charge in [-0.1, -0.05) is 0 Å². The Morgan fingerprint density at radius 1 is 1.36 bits per heavy atom. The number of amides is 1. The molecule has 11 heavy (non-hydrogen) atoms. The maximum Gasteiger partial charge on any atom is 0.309 e. The third kappa shape index (κ3) is 1.34. The Balaban J connectivity index is 2.49. The van der Waals surface area contributed by atoms with E-state index < -0.39 is 5.91 Å². The highest BCUT2D eigenvalue weighted by atomic mass is 16.5. The summed E-state index contributed by atoms with van der Waals surface area (Å²) >= 11 is 0. The van der Waals surface area contributed by atoms with Crippen molar-refractivity contribution in [3.8, 4) is 0 Å². The molecule has 0 aromatic carbocycles. The lowest BCUT2D eigenvalue weighted by Gasteiger charge is -2.31. The molecule has 1 saturated carbocycles. The fourth-order valence-electron chi connectivity index (χ4n) is 1.27. The number of carbonyl (C=O) groups excluding carboxylic acids is 2. The minimum absolute atomic E-state index is 0.280. The van der Waals surface area contributed by atoms with E-state index in [9.17, 15) is 9.59 Å². The highest BCUT2D eigenvalue weighted by molar-refractivity contribution is 5.85. The Kier molecular flexibility index (Phi) is 2.12. The number of carbonyl (C=O) groups is 2. The second-order valence-corrected chi connectivity index (χ2v) is 2.72. The molecule has 62 valence electrons. The van der Waals surface area contributed by atoms with Gasteiger partial charge in [-0.05, 0) is 12.8 Å². The van der Waals surface area contributed by atoms with Crippen molar-refractivity contribution in [2.45, 2.75) is 12.8 Å². The molecule has 0 bridgehead atoms. The van der Waals surface area contributed by atoms with E-state index in [0.717, 1.165) is 12.8 Å². The molecular formula is C7H11NO3. The first kappa shape index (κ1) is 8.04. The number of ether oxygens (including phenoxy) is 1. The number of rotatable bonds is 2. The second kappa shape index (κ2) is 2.90. The predicted molar refractivity (Wildman–Crippen MR) is 37.4 cm³/mol. The van der Waals surface area contributed by atoms with Gasteiger partial charge in [0.2, 0.25) is 5.91 Å². The minimum Gasteiger partial charge on any atom is -0.469 e. The number of hydrogen-bond donors (Lipinski definition) is 1. The van der Waals surface area contributed by atoms with E-state index in [-0.39, 0.29) is 17.8 Å². The zero-order valence-electron chi connectivity index (χ0n) is 6.37. The molecule has 1 fully saturated rings. The van der Waals surface area contributed by atoms with Crippen molar-refractivity contribution in [3.05, 3.63) is 0 Å². The van der Waals surface area contributed by atoms with Crippen LogP contribution in [0.25, 0.3) is 0 Å². The molecule has 0 aliphatic heterocycles. The summed E-state index contributed by atoms with van der Waals surface area (Å²) in [6.07, 6.45) is 1.44. The SMILES string of the molecule is COC(=O)[C@@H]1CC[C@H]1C(N)=O. The molecule has 0 radical (unpaired) electrons. The van der Waals surface area contributed by atoms with E-state index in [1.165, 1.54) is 7.11 Å². The summed E-state index contributed by atoms with van der Waals surface area (Å²) in [5, 5.41) is 0. The first-order chi connectivity index (χ1) is 5.16. The van der Waals surface area contributed by atoms with Crippen LogP contribution in [0.15, 0.2) is 0 Å². The van der Waals surface area contributed by atoms with Gasteiger partial charge in [0.1, 0.15) is 0 Å². The number of primary amides is 1. The summed E-state index contributed by atoms with van der Waals surface area (Å²) in [6.45, 7) is 0. The maximum absolute atomic E-state index is 10.9. The van der Waals surface area contributed by atoms with E-state index in [1.54, 1.807) is 0 Å². The Hall–Kier alpha value is -1.06. The Morgan fingerprint density at radius 3 is 2.18 bits per heavy atom. The van der Waals surface area contributed by atoms with Gasteiger partial charge in [0.15, 0.2) is 0 Å². The summed E-state index contributed by atoms with van der Waals surface area (Å²) in [6, 6.07) is 0. The average Bonchev–Trinajstić information content (AvgIpc) is 1.83. The molecular weight excluding hydrogens is 146 g/mol. The van der Waals surface area contributed by atoms with Crippen molar-refractivity contribution in [1.29, 1.82) is 0 Å². The van der Waals surface area contributed by atoms with Crippen LogP contribution in [0.1, 0.15) is 12.8 Å². The smallest absolute Gasteiger partial charge is 0.309 e. The third-order valence-electron chi connectivity index (χ3n) is 2.14. The Bertz CT molecular complexity index is 190. The van der Waals surface area contributed by atoms with E-state index >= 15 is 0 Å². The van der Waals surface area contributed by atoms with E-state index in [2.05, 4.69) is 4.74 Å². The molecule has 4 nitrogen and oxygen atoms in total. The summed E-state index contributed by atoms with van der Waals surface area (Å²) in [5.74, 6) is -1.29. The monoisotopic (exact) mass is 157 g/mol. The van der Waals surface area contributed by atoms with E-state index in [0.29, 0.717) is 0 Å². The van der Waals surface area contributed by atoms with Crippen molar-refractivity contribution in [2.24, 2.45) is 17.6 Å². The molecule has 4 heteroatoms. The van der Waals surface area contributed by atoms with E-state index in [1.807, 2.05) is 0 Å². The molecule has 1 amide bonds. The summed E-state index contributed by atoms with van der Waals surface area (Å²) in [7, 11) is 1.32. The van der Waals surface area contributed by atoms with Crippen LogP contribution in [0.4, 0.5) is 0 Å². The lowest BCUT2D eigenvalue weighted by Crippen LogP contribution is -2.42. The number of hydrogen-bond acceptors (Lipinski definition) is 3. The molecule has 1 aliphatic carbocycles. The zero-order chi connectivity index (χ0) is 8.43. The highest BCUT2D eigenvalue weighted by Gasteiger charge is 2.40. The minimum atomic E-state index is -0.397. The van der Waals surface area contributed by atoms with Gasteiger partial charge in [0, 0.05) is 0 Å². The fraction of sp³-hybridized carbons (Fsp3) is 0.714. The van der Waals surface area contributed by atoms with Crippen LogP contribution in [0.2, 0.25) is 0 Å². The average molecular weight is 157 g/mol. The predicted octanol–water partition coefficient (Wildman–Crippen LogP) is -0.329. The molecule has 1 rings (SSSR count). The Labute approximate surface area is 64.7 Å². The summed E-state index contributed by atoms with van der Waals surface area (Å²) in [4.78, 5) is 21.5. The van der Waals surface area contributed by atoms with E-state index in [4.69, 9.17) is 5.73 Å². The maximum atomic E-state index is 10.9. The molecule has 2 N–H and O–H groups in total. The van der Waals surface area contributed by atoms with Crippen molar-refractivity contribution >= 4 is 11.9 Å².